The molecule has 0 aliphatic rings. The second-order valence-corrected chi connectivity index (χ2v) is 8.79. The van der Waals surface area contributed by atoms with Gasteiger partial charge in [0.25, 0.3) is 0 Å². The summed E-state index contributed by atoms with van der Waals surface area (Å²) in [5.74, 6) is 0.759. The Balaban J connectivity index is 1.55. The monoisotopic (exact) mass is 458 g/mol. The van der Waals surface area contributed by atoms with Crippen LogP contribution < -0.4 is 19.6 Å². The minimum atomic E-state index is -0.491. The molecule has 6 nitrogen and oxygen atoms in total. The van der Waals surface area contributed by atoms with E-state index in [0.29, 0.717) is 29.1 Å². The van der Waals surface area contributed by atoms with E-state index in [4.69, 9.17) is 18.6 Å². The number of hydrogen-bond acceptors (Lipinski definition) is 6. The highest BCUT2D eigenvalue weighted by molar-refractivity contribution is 5.91. The molecule has 0 bridgehead atoms. The standard InChI is InChI=1S/C28H26O6/c1-5-31-22-8-6-7-9-23(22)34-25-17-32-24-16-20(14-15-21(24)26(25)29)33-27(30)18-10-12-19(13-11-18)28(2,3)4/h6-17H,5H2,1-4H3. The number of rotatable bonds is 6. The Bertz CT molecular complexity index is 1380. The third-order valence-corrected chi connectivity index (χ3v) is 5.28. The van der Waals surface area contributed by atoms with Gasteiger partial charge in [-0.1, -0.05) is 45.0 Å². The first-order chi connectivity index (χ1) is 16.3. The molecule has 3 aromatic carbocycles. The van der Waals surface area contributed by atoms with Gasteiger partial charge in [-0.2, -0.15) is 0 Å². The topological polar surface area (TPSA) is 75.0 Å². The van der Waals surface area contributed by atoms with Crippen LogP contribution >= 0.6 is 0 Å². The van der Waals surface area contributed by atoms with Gasteiger partial charge < -0.3 is 18.6 Å². The van der Waals surface area contributed by atoms with E-state index in [1.807, 2.05) is 25.1 Å². The number of para-hydroxylation sites is 2. The van der Waals surface area contributed by atoms with Gasteiger partial charge in [-0.3, -0.25) is 4.79 Å². The van der Waals surface area contributed by atoms with E-state index in [-0.39, 0.29) is 27.9 Å². The summed E-state index contributed by atoms with van der Waals surface area (Å²) in [6.07, 6.45) is 1.24. The first-order valence-electron chi connectivity index (χ1n) is 11.0. The molecule has 34 heavy (non-hydrogen) atoms. The van der Waals surface area contributed by atoms with E-state index < -0.39 is 5.97 Å². The van der Waals surface area contributed by atoms with E-state index in [1.165, 1.54) is 12.3 Å². The number of carbonyl (C=O) groups excluding carboxylic acids is 1. The van der Waals surface area contributed by atoms with E-state index in [0.717, 1.165) is 5.56 Å². The molecule has 0 saturated heterocycles. The first-order valence-corrected chi connectivity index (χ1v) is 11.0. The fraction of sp³-hybridized carbons (Fsp3) is 0.214. The lowest BCUT2D eigenvalue weighted by Crippen LogP contribution is -2.13. The third kappa shape index (κ3) is 4.96. The lowest BCUT2D eigenvalue weighted by molar-refractivity contribution is 0.0735. The van der Waals surface area contributed by atoms with Gasteiger partial charge in [0, 0.05) is 6.07 Å². The maximum absolute atomic E-state index is 12.9. The number of ether oxygens (including phenoxy) is 3. The molecule has 0 fully saturated rings. The Hall–Kier alpha value is -4.06. The fourth-order valence-electron chi connectivity index (χ4n) is 3.42. The summed E-state index contributed by atoms with van der Waals surface area (Å²) >= 11 is 0. The molecule has 0 N–H and O–H groups in total. The largest absolute Gasteiger partial charge is 0.490 e. The summed E-state index contributed by atoms with van der Waals surface area (Å²) in [4.78, 5) is 25.5. The first kappa shape index (κ1) is 23.1. The van der Waals surface area contributed by atoms with Crippen molar-refractivity contribution >= 4 is 16.9 Å². The second-order valence-electron chi connectivity index (χ2n) is 8.79. The molecule has 0 amide bonds. The normalized spacial score (nSPS) is 11.3. The lowest BCUT2D eigenvalue weighted by atomic mass is 9.87. The molecule has 4 aromatic rings. The Morgan fingerprint density at radius 1 is 0.912 bits per heavy atom. The predicted octanol–water partition coefficient (Wildman–Crippen LogP) is 6.50. The third-order valence-electron chi connectivity index (χ3n) is 5.28. The number of benzene rings is 3. The molecular formula is C28H26O6. The van der Waals surface area contributed by atoms with Gasteiger partial charge in [-0.25, -0.2) is 4.79 Å². The number of esters is 1. The van der Waals surface area contributed by atoms with Crippen LogP contribution in [0.15, 0.2) is 82.2 Å². The van der Waals surface area contributed by atoms with Crippen LogP contribution in [0.4, 0.5) is 0 Å². The van der Waals surface area contributed by atoms with Crippen molar-refractivity contribution in [3.8, 4) is 23.0 Å². The highest BCUT2D eigenvalue weighted by Gasteiger charge is 2.16. The van der Waals surface area contributed by atoms with Crippen LogP contribution in [0.1, 0.15) is 43.6 Å². The van der Waals surface area contributed by atoms with Gasteiger partial charge in [0.05, 0.1) is 17.6 Å². The molecule has 0 unspecified atom stereocenters. The molecule has 0 atom stereocenters. The van der Waals surface area contributed by atoms with Crippen molar-refractivity contribution in [2.75, 3.05) is 6.61 Å². The summed E-state index contributed by atoms with van der Waals surface area (Å²) in [6, 6.07) is 19.0. The highest BCUT2D eigenvalue weighted by Crippen LogP contribution is 2.31. The van der Waals surface area contributed by atoms with E-state index >= 15 is 0 Å². The van der Waals surface area contributed by atoms with Crippen molar-refractivity contribution in [1.29, 1.82) is 0 Å². The molecule has 0 saturated carbocycles. The molecule has 0 aliphatic heterocycles. The van der Waals surface area contributed by atoms with Crippen LogP contribution in [0.2, 0.25) is 0 Å². The van der Waals surface area contributed by atoms with Crippen LogP contribution in [0.25, 0.3) is 11.0 Å². The lowest BCUT2D eigenvalue weighted by Gasteiger charge is -2.18. The quantitative estimate of drug-likeness (QED) is 0.242. The summed E-state index contributed by atoms with van der Waals surface area (Å²) in [5.41, 5.74) is 1.49. The van der Waals surface area contributed by atoms with Gasteiger partial charge in [-0.15, -0.1) is 0 Å². The van der Waals surface area contributed by atoms with Crippen molar-refractivity contribution in [1.82, 2.24) is 0 Å². The molecule has 0 aliphatic carbocycles. The maximum Gasteiger partial charge on any atom is 0.343 e. The average molecular weight is 459 g/mol. The summed E-state index contributed by atoms with van der Waals surface area (Å²) in [7, 11) is 0. The van der Waals surface area contributed by atoms with Gasteiger partial charge in [0.2, 0.25) is 11.2 Å². The summed E-state index contributed by atoms with van der Waals surface area (Å²) in [6.45, 7) is 8.66. The average Bonchev–Trinajstić information content (AvgIpc) is 2.82. The van der Waals surface area contributed by atoms with Gasteiger partial charge >= 0.3 is 5.97 Å². The van der Waals surface area contributed by atoms with E-state index in [2.05, 4.69) is 20.8 Å². The van der Waals surface area contributed by atoms with Crippen molar-refractivity contribution < 1.29 is 23.4 Å². The van der Waals surface area contributed by atoms with Crippen LogP contribution in [-0.2, 0) is 5.41 Å². The van der Waals surface area contributed by atoms with E-state index in [1.54, 1.807) is 42.5 Å². The maximum atomic E-state index is 12.9. The SMILES string of the molecule is CCOc1ccccc1Oc1coc2cc(OC(=O)c3ccc(C(C)(C)C)cc3)ccc2c1=O. The van der Waals surface area contributed by atoms with Crippen LogP contribution in [0, 0.1) is 0 Å². The Kier molecular flexibility index (Phi) is 6.41. The number of hydrogen-bond donors (Lipinski definition) is 0. The Morgan fingerprint density at radius 3 is 2.29 bits per heavy atom. The number of fused-ring (bicyclic) bond motifs is 1. The van der Waals surface area contributed by atoms with Crippen molar-refractivity contribution in [3.05, 3.63) is 94.3 Å². The number of carbonyl (C=O) groups is 1. The zero-order valence-corrected chi connectivity index (χ0v) is 19.6. The van der Waals surface area contributed by atoms with E-state index in [9.17, 15) is 9.59 Å². The Labute approximate surface area is 197 Å². The van der Waals surface area contributed by atoms with Crippen LogP contribution in [-0.4, -0.2) is 12.6 Å². The van der Waals surface area contributed by atoms with Gasteiger partial charge in [0.15, 0.2) is 11.5 Å². The van der Waals surface area contributed by atoms with Crippen LogP contribution in [0.3, 0.4) is 0 Å². The molecular weight excluding hydrogens is 432 g/mol. The van der Waals surface area contributed by atoms with Crippen LogP contribution in [0.5, 0.6) is 23.0 Å². The molecule has 0 radical (unpaired) electrons. The van der Waals surface area contributed by atoms with Crippen molar-refractivity contribution in [2.45, 2.75) is 33.1 Å². The minimum Gasteiger partial charge on any atom is -0.490 e. The molecule has 4 rings (SSSR count). The molecule has 6 heteroatoms. The minimum absolute atomic E-state index is 0.00794. The molecule has 174 valence electrons. The Morgan fingerprint density at radius 2 is 1.62 bits per heavy atom. The molecule has 1 aromatic heterocycles. The van der Waals surface area contributed by atoms with Crippen molar-refractivity contribution in [2.24, 2.45) is 0 Å². The zero-order chi connectivity index (χ0) is 24.3. The molecule has 0 spiro atoms. The molecule has 1 heterocycles. The summed E-state index contributed by atoms with van der Waals surface area (Å²) in [5, 5.41) is 0.306. The van der Waals surface area contributed by atoms with Crippen molar-refractivity contribution in [3.63, 3.8) is 0 Å². The predicted molar refractivity (Wildman–Crippen MR) is 130 cm³/mol. The smallest absolute Gasteiger partial charge is 0.343 e. The zero-order valence-electron chi connectivity index (χ0n) is 19.6. The highest BCUT2D eigenvalue weighted by atomic mass is 16.5. The fourth-order valence-corrected chi connectivity index (χ4v) is 3.42. The van der Waals surface area contributed by atoms with Gasteiger partial charge in [-0.05, 0) is 54.3 Å². The van der Waals surface area contributed by atoms with Gasteiger partial charge in [0.1, 0.15) is 17.6 Å². The second kappa shape index (κ2) is 9.43. The summed E-state index contributed by atoms with van der Waals surface area (Å²) < 4.78 is 22.4.